The molecule has 4 aromatic rings. The molecule has 0 unspecified atom stereocenters. The van der Waals surface area contributed by atoms with Crippen molar-refractivity contribution in [3.63, 3.8) is 0 Å². The molecule has 0 atom stereocenters. The Balaban J connectivity index is 1.80. The molecule has 3 heterocycles. The standard InChI is InChI=1S/C19H14N4O/c24-22-11-14-6-8-23-18(13-21-19(23)9-14)16-4-1-3-15(10-16)17-5-2-7-20-12-17/h1-13,24H/b22-11+. The van der Waals surface area contributed by atoms with Gasteiger partial charge >= 0.3 is 0 Å². The summed E-state index contributed by atoms with van der Waals surface area (Å²) in [4.78, 5) is 8.63. The van der Waals surface area contributed by atoms with Gasteiger partial charge in [-0.15, -0.1) is 0 Å². The molecule has 0 amide bonds. The molecule has 3 aromatic heterocycles. The maximum atomic E-state index is 8.65. The Morgan fingerprint density at radius 3 is 2.67 bits per heavy atom. The van der Waals surface area contributed by atoms with Crippen molar-refractivity contribution in [1.82, 2.24) is 14.4 Å². The number of aromatic nitrogens is 3. The van der Waals surface area contributed by atoms with Crippen LogP contribution in [0.3, 0.4) is 0 Å². The number of imidazole rings is 1. The van der Waals surface area contributed by atoms with E-state index in [0.717, 1.165) is 33.6 Å². The zero-order chi connectivity index (χ0) is 16.4. The van der Waals surface area contributed by atoms with Crippen molar-refractivity contribution < 1.29 is 5.21 Å². The SMILES string of the molecule is O/N=C/c1ccn2c(-c3cccc(-c4cccnc4)c3)cnc2c1. The molecule has 0 saturated carbocycles. The lowest BCUT2D eigenvalue weighted by molar-refractivity contribution is 0.322. The van der Waals surface area contributed by atoms with Gasteiger partial charge in [0, 0.05) is 35.3 Å². The van der Waals surface area contributed by atoms with Crippen molar-refractivity contribution in [2.45, 2.75) is 0 Å². The topological polar surface area (TPSA) is 62.8 Å². The van der Waals surface area contributed by atoms with Crippen LogP contribution in [0.15, 0.2) is 78.5 Å². The molecule has 116 valence electrons. The molecule has 5 heteroatoms. The smallest absolute Gasteiger partial charge is 0.137 e. The minimum absolute atomic E-state index is 0.797. The molecule has 0 aliphatic rings. The third-order valence-electron chi connectivity index (χ3n) is 3.90. The van der Waals surface area contributed by atoms with E-state index in [0.29, 0.717) is 0 Å². The van der Waals surface area contributed by atoms with Gasteiger partial charge in [-0.2, -0.15) is 0 Å². The minimum Gasteiger partial charge on any atom is -0.411 e. The summed E-state index contributed by atoms with van der Waals surface area (Å²) in [6.45, 7) is 0. The fraction of sp³-hybridized carbons (Fsp3) is 0. The monoisotopic (exact) mass is 314 g/mol. The molecule has 0 aliphatic carbocycles. The molecule has 0 spiro atoms. The molecule has 0 fully saturated rings. The van der Waals surface area contributed by atoms with Crippen LogP contribution in [0.2, 0.25) is 0 Å². The Morgan fingerprint density at radius 1 is 0.958 bits per heavy atom. The molecule has 24 heavy (non-hydrogen) atoms. The van der Waals surface area contributed by atoms with Crippen molar-refractivity contribution in [2.75, 3.05) is 0 Å². The lowest BCUT2D eigenvalue weighted by Gasteiger charge is -2.06. The average Bonchev–Trinajstić information content (AvgIpc) is 3.06. The van der Waals surface area contributed by atoms with Gasteiger partial charge in [-0.25, -0.2) is 4.98 Å². The van der Waals surface area contributed by atoms with Crippen molar-refractivity contribution in [1.29, 1.82) is 0 Å². The number of fused-ring (bicyclic) bond motifs is 1. The van der Waals surface area contributed by atoms with Crippen LogP contribution in [0.5, 0.6) is 0 Å². The molecule has 1 N–H and O–H groups in total. The summed E-state index contributed by atoms with van der Waals surface area (Å²) in [5.74, 6) is 0. The Labute approximate surface area is 138 Å². The van der Waals surface area contributed by atoms with Crippen LogP contribution < -0.4 is 0 Å². The van der Waals surface area contributed by atoms with Crippen LogP contribution in [0.25, 0.3) is 28.0 Å². The van der Waals surface area contributed by atoms with Crippen LogP contribution in [-0.4, -0.2) is 25.8 Å². The highest BCUT2D eigenvalue weighted by Crippen LogP contribution is 2.26. The van der Waals surface area contributed by atoms with E-state index < -0.39 is 0 Å². The molecule has 0 bridgehead atoms. The van der Waals surface area contributed by atoms with E-state index in [9.17, 15) is 0 Å². The molecule has 0 aliphatic heterocycles. The second kappa shape index (κ2) is 5.96. The summed E-state index contributed by atoms with van der Waals surface area (Å²) >= 11 is 0. The van der Waals surface area contributed by atoms with E-state index in [1.54, 1.807) is 6.20 Å². The Morgan fingerprint density at radius 2 is 1.83 bits per heavy atom. The normalized spacial score (nSPS) is 11.3. The Kier molecular flexibility index (Phi) is 3.51. The van der Waals surface area contributed by atoms with Gasteiger partial charge in [0.2, 0.25) is 0 Å². The number of benzene rings is 1. The summed E-state index contributed by atoms with van der Waals surface area (Å²) in [6.07, 6.45) is 8.78. The highest BCUT2D eigenvalue weighted by Gasteiger charge is 2.07. The predicted molar refractivity (Wildman–Crippen MR) is 93.2 cm³/mol. The second-order valence-electron chi connectivity index (χ2n) is 5.40. The van der Waals surface area contributed by atoms with Crippen molar-refractivity contribution >= 4 is 11.9 Å². The van der Waals surface area contributed by atoms with Crippen LogP contribution >= 0.6 is 0 Å². The first-order chi connectivity index (χ1) is 11.8. The third kappa shape index (κ3) is 2.52. The van der Waals surface area contributed by atoms with E-state index in [4.69, 9.17) is 5.21 Å². The van der Waals surface area contributed by atoms with E-state index >= 15 is 0 Å². The highest BCUT2D eigenvalue weighted by atomic mass is 16.4. The molecule has 5 nitrogen and oxygen atoms in total. The van der Waals surface area contributed by atoms with Gasteiger partial charge in [0.05, 0.1) is 18.1 Å². The third-order valence-corrected chi connectivity index (χ3v) is 3.90. The number of pyridine rings is 2. The Bertz CT molecular complexity index is 1020. The highest BCUT2D eigenvalue weighted by molar-refractivity contribution is 5.81. The van der Waals surface area contributed by atoms with Crippen LogP contribution in [-0.2, 0) is 0 Å². The summed E-state index contributed by atoms with van der Waals surface area (Å²) < 4.78 is 2.01. The molecule has 0 saturated heterocycles. The fourth-order valence-electron chi connectivity index (χ4n) is 2.75. The first kappa shape index (κ1) is 14.1. The molecular weight excluding hydrogens is 300 g/mol. The summed E-state index contributed by atoms with van der Waals surface area (Å²) in [5.41, 5.74) is 5.87. The van der Waals surface area contributed by atoms with Crippen molar-refractivity contribution in [2.24, 2.45) is 5.16 Å². The quantitative estimate of drug-likeness (QED) is 0.355. The zero-order valence-electron chi connectivity index (χ0n) is 12.7. The summed E-state index contributed by atoms with van der Waals surface area (Å²) in [5, 5.41) is 11.7. The van der Waals surface area contributed by atoms with Gasteiger partial charge in [-0.3, -0.25) is 9.38 Å². The summed E-state index contributed by atoms with van der Waals surface area (Å²) in [7, 11) is 0. The average molecular weight is 314 g/mol. The fourth-order valence-corrected chi connectivity index (χ4v) is 2.75. The Hall–Kier alpha value is -3.47. The number of hydrogen-bond donors (Lipinski definition) is 1. The first-order valence-corrected chi connectivity index (χ1v) is 7.50. The number of nitrogens with zero attached hydrogens (tertiary/aromatic N) is 4. The van der Waals surface area contributed by atoms with E-state index in [2.05, 4.69) is 33.3 Å². The van der Waals surface area contributed by atoms with Gasteiger partial charge in [-0.05, 0) is 29.8 Å². The lowest BCUT2D eigenvalue weighted by Crippen LogP contribution is -1.91. The zero-order valence-corrected chi connectivity index (χ0v) is 12.7. The van der Waals surface area contributed by atoms with E-state index in [1.807, 2.05) is 53.3 Å². The van der Waals surface area contributed by atoms with Gasteiger partial charge in [0.1, 0.15) is 5.65 Å². The van der Waals surface area contributed by atoms with Crippen LogP contribution in [0, 0.1) is 0 Å². The van der Waals surface area contributed by atoms with Gasteiger partial charge in [0.15, 0.2) is 0 Å². The largest absolute Gasteiger partial charge is 0.411 e. The summed E-state index contributed by atoms with van der Waals surface area (Å²) in [6, 6.07) is 16.0. The van der Waals surface area contributed by atoms with Crippen LogP contribution in [0.1, 0.15) is 5.56 Å². The first-order valence-electron chi connectivity index (χ1n) is 7.50. The lowest BCUT2D eigenvalue weighted by atomic mass is 10.0. The maximum Gasteiger partial charge on any atom is 0.137 e. The number of oxime groups is 1. The molecule has 4 rings (SSSR count). The maximum absolute atomic E-state index is 8.65. The van der Waals surface area contributed by atoms with Crippen LogP contribution in [0.4, 0.5) is 0 Å². The molecule has 0 radical (unpaired) electrons. The van der Waals surface area contributed by atoms with E-state index in [1.165, 1.54) is 6.21 Å². The van der Waals surface area contributed by atoms with E-state index in [-0.39, 0.29) is 0 Å². The number of rotatable bonds is 3. The predicted octanol–water partition coefficient (Wildman–Crippen LogP) is 3.87. The minimum atomic E-state index is 0.797. The molecular formula is C19H14N4O. The number of hydrogen-bond acceptors (Lipinski definition) is 4. The molecule has 1 aromatic carbocycles. The van der Waals surface area contributed by atoms with Gasteiger partial charge in [0.25, 0.3) is 0 Å². The van der Waals surface area contributed by atoms with Crippen molar-refractivity contribution in [3.05, 3.63) is 78.9 Å². The van der Waals surface area contributed by atoms with Gasteiger partial charge in [-0.1, -0.05) is 29.4 Å². The second-order valence-corrected chi connectivity index (χ2v) is 5.40. The van der Waals surface area contributed by atoms with Crippen molar-refractivity contribution in [3.8, 4) is 22.4 Å². The van der Waals surface area contributed by atoms with Gasteiger partial charge < -0.3 is 5.21 Å².